The topological polar surface area (TPSA) is 57.6 Å². The fourth-order valence-electron chi connectivity index (χ4n) is 2.19. The molecule has 0 atom stereocenters. The minimum absolute atomic E-state index is 0.0422. The first-order chi connectivity index (χ1) is 10.0. The number of aromatic hydroxyl groups is 1. The summed E-state index contributed by atoms with van der Waals surface area (Å²) in [5, 5.41) is 9.51. The number of phenols is 1. The van der Waals surface area contributed by atoms with Gasteiger partial charge >= 0.3 is 0 Å². The maximum absolute atomic E-state index is 12.5. The van der Waals surface area contributed by atoms with E-state index in [1.807, 2.05) is 30.3 Å². The predicted octanol–water partition coefficient (Wildman–Crippen LogP) is 2.79. The third-order valence-electron chi connectivity index (χ3n) is 3.23. The first kappa shape index (κ1) is 15.4. The largest absolute Gasteiger partial charge is 0.508 e. The van der Waals surface area contributed by atoms with Crippen LogP contribution in [-0.4, -0.2) is 25.8 Å². The van der Waals surface area contributed by atoms with Gasteiger partial charge in [-0.1, -0.05) is 36.4 Å². The molecule has 0 saturated heterocycles. The van der Waals surface area contributed by atoms with Crippen molar-refractivity contribution in [2.45, 2.75) is 13.3 Å². The van der Waals surface area contributed by atoms with E-state index >= 15 is 0 Å². The zero-order valence-electron chi connectivity index (χ0n) is 11.9. The zero-order chi connectivity index (χ0) is 15.3. The maximum atomic E-state index is 12.5. The molecule has 0 bridgehead atoms. The fourth-order valence-corrected chi connectivity index (χ4v) is 3.73. The number of benzene rings is 2. The number of rotatable bonds is 6. The van der Waals surface area contributed by atoms with Crippen molar-refractivity contribution in [1.82, 2.24) is 0 Å². The highest BCUT2D eigenvalue weighted by molar-refractivity contribution is 7.92. The Morgan fingerprint density at radius 2 is 1.76 bits per heavy atom. The van der Waals surface area contributed by atoms with Gasteiger partial charge in [0.25, 0.3) is 0 Å². The van der Waals surface area contributed by atoms with Crippen molar-refractivity contribution in [3.8, 4) is 5.75 Å². The third kappa shape index (κ3) is 3.98. The number of anilines is 1. The molecule has 0 radical (unpaired) electrons. The molecule has 1 N–H and O–H groups in total. The molecular weight excluding hydrogens is 286 g/mol. The molecule has 0 unspecified atom stereocenters. The summed E-state index contributed by atoms with van der Waals surface area (Å²) in [6, 6.07) is 15.8. The van der Waals surface area contributed by atoms with Gasteiger partial charge in [0.15, 0.2) is 0 Å². The van der Waals surface area contributed by atoms with Crippen molar-refractivity contribution >= 4 is 15.7 Å². The Morgan fingerprint density at radius 1 is 1.05 bits per heavy atom. The number of hydrogen-bond donors (Lipinski definition) is 1. The fraction of sp³-hybridized carbons (Fsp3) is 0.250. The minimum Gasteiger partial charge on any atom is -0.508 e. The van der Waals surface area contributed by atoms with E-state index in [9.17, 15) is 13.5 Å². The number of sulfonamides is 1. The number of aryl methyl sites for hydroxylation is 1. The second kappa shape index (κ2) is 6.63. The van der Waals surface area contributed by atoms with Crippen molar-refractivity contribution in [3.05, 3.63) is 60.2 Å². The van der Waals surface area contributed by atoms with Crippen LogP contribution in [0.15, 0.2) is 54.6 Å². The van der Waals surface area contributed by atoms with Gasteiger partial charge < -0.3 is 5.11 Å². The molecule has 5 heteroatoms. The van der Waals surface area contributed by atoms with Crippen LogP contribution in [0.2, 0.25) is 0 Å². The van der Waals surface area contributed by atoms with E-state index in [-0.39, 0.29) is 11.5 Å². The minimum atomic E-state index is -3.42. The van der Waals surface area contributed by atoms with Gasteiger partial charge in [0.2, 0.25) is 10.0 Å². The van der Waals surface area contributed by atoms with E-state index in [4.69, 9.17) is 0 Å². The Kier molecular flexibility index (Phi) is 4.85. The molecule has 21 heavy (non-hydrogen) atoms. The van der Waals surface area contributed by atoms with Crippen LogP contribution < -0.4 is 4.31 Å². The second-order valence-electron chi connectivity index (χ2n) is 4.74. The van der Waals surface area contributed by atoms with Gasteiger partial charge in [0.05, 0.1) is 11.4 Å². The quantitative estimate of drug-likeness (QED) is 0.893. The van der Waals surface area contributed by atoms with Crippen LogP contribution >= 0.6 is 0 Å². The zero-order valence-corrected chi connectivity index (χ0v) is 12.8. The van der Waals surface area contributed by atoms with Gasteiger partial charge in [-0.2, -0.15) is 0 Å². The Morgan fingerprint density at radius 3 is 2.38 bits per heavy atom. The van der Waals surface area contributed by atoms with Gasteiger partial charge in [-0.05, 0) is 31.0 Å². The summed E-state index contributed by atoms with van der Waals surface area (Å²) in [7, 11) is -3.42. The van der Waals surface area contributed by atoms with Crippen LogP contribution in [0.1, 0.15) is 12.5 Å². The summed E-state index contributed by atoms with van der Waals surface area (Å²) < 4.78 is 26.3. The summed E-state index contributed by atoms with van der Waals surface area (Å²) >= 11 is 0. The molecule has 112 valence electrons. The lowest BCUT2D eigenvalue weighted by Gasteiger charge is -2.23. The highest BCUT2D eigenvalue weighted by atomic mass is 32.2. The van der Waals surface area contributed by atoms with Gasteiger partial charge in [0, 0.05) is 12.6 Å². The van der Waals surface area contributed by atoms with Gasteiger partial charge in [-0.3, -0.25) is 4.31 Å². The summed E-state index contributed by atoms with van der Waals surface area (Å²) in [5.74, 6) is 0.102. The number of nitrogens with zero attached hydrogens (tertiary/aromatic N) is 1. The molecule has 0 amide bonds. The lowest BCUT2D eigenvalue weighted by Crippen LogP contribution is -2.33. The molecule has 0 heterocycles. The van der Waals surface area contributed by atoms with Crippen LogP contribution in [-0.2, 0) is 16.4 Å². The molecule has 2 aromatic carbocycles. The monoisotopic (exact) mass is 305 g/mol. The molecule has 0 aromatic heterocycles. The Hall–Kier alpha value is -2.01. The molecule has 0 spiro atoms. The lowest BCUT2D eigenvalue weighted by atomic mass is 10.2. The van der Waals surface area contributed by atoms with Crippen molar-refractivity contribution in [2.24, 2.45) is 0 Å². The lowest BCUT2D eigenvalue weighted by molar-refractivity contribution is 0.475. The van der Waals surface area contributed by atoms with Crippen LogP contribution in [0, 0.1) is 0 Å². The first-order valence-electron chi connectivity index (χ1n) is 6.86. The highest BCUT2D eigenvalue weighted by Gasteiger charge is 2.21. The van der Waals surface area contributed by atoms with Crippen molar-refractivity contribution in [3.63, 3.8) is 0 Å². The first-order valence-corrected chi connectivity index (χ1v) is 8.47. The van der Waals surface area contributed by atoms with Gasteiger partial charge in [0.1, 0.15) is 5.75 Å². The molecule has 4 nitrogen and oxygen atoms in total. The van der Waals surface area contributed by atoms with E-state index in [0.29, 0.717) is 18.7 Å². The normalized spacial score (nSPS) is 11.3. The predicted molar refractivity (Wildman–Crippen MR) is 85.1 cm³/mol. The summed E-state index contributed by atoms with van der Waals surface area (Å²) in [4.78, 5) is 0. The molecule has 0 aliphatic carbocycles. The van der Waals surface area contributed by atoms with Crippen LogP contribution in [0.4, 0.5) is 5.69 Å². The number of hydrogen-bond acceptors (Lipinski definition) is 3. The van der Waals surface area contributed by atoms with Crippen molar-refractivity contribution in [2.75, 3.05) is 16.6 Å². The van der Waals surface area contributed by atoms with Crippen molar-refractivity contribution < 1.29 is 13.5 Å². The standard InChI is InChI=1S/C16H19NO3S/c1-2-17(15-9-6-10-16(18)13-15)21(19,20)12-11-14-7-4-3-5-8-14/h3-10,13,18H,2,11-12H2,1H3. The van der Waals surface area contributed by atoms with Crippen molar-refractivity contribution in [1.29, 1.82) is 0 Å². The molecule has 0 fully saturated rings. The second-order valence-corrected chi connectivity index (χ2v) is 6.75. The van der Waals surface area contributed by atoms with E-state index in [0.717, 1.165) is 5.56 Å². The van der Waals surface area contributed by atoms with Crippen LogP contribution in [0.3, 0.4) is 0 Å². The van der Waals surface area contributed by atoms with Gasteiger partial charge in [-0.25, -0.2) is 8.42 Å². The maximum Gasteiger partial charge on any atom is 0.235 e. The molecular formula is C16H19NO3S. The smallest absolute Gasteiger partial charge is 0.235 e. The molecule has 0 aliphatic rings. The van der Waals surface area contributed by atoms with E-state index in [1.165, 1.54) is 16.4 Å². The Balaban J connectivity index is 2.16. The van der Waals surface area contributed by atoms with E-state index < -0.39 is 10.0 Å². The average molecular weight is 305 g/mol. The Labute approximate surface area is 125 Å². The van der Waals surface area contributed by atoms with E-state index in [2.05, 4.69) is 0 Å². The Bertz CT molecular complexity index is 684. The molecule has 0 aliphatic heterocycles. The molecule has 2 aromatic rings. The summed E-state index contributed by atoms with van der Waals surface area (Å²) in [6.07, 6.45) is 0.471. The van der Waals surface area contributed by atoms with Gasteiger partial charge in [-0.15, -0.1) is 0 Å². The highest BCUT2D eigenvalue weighted by Crippen LogP contribution is 2.23. The molecule has 2 rings (SSSR count). The third-order valence-corrected chi connectivity index (χ3v) is 5.09. The van der Waals surface area contributed by atoms with E-state index in [1.54, 1.807) is 19.1 Å². The SMILES string of the molecule is CCN(c1cccc(O)c1)S(=O)(=O)CCc1ccccc1. The average Bonchev–Trinajstić information content (AvgIpc) is 2.47. The van der Waals surface area contributed by atoms with Crippen LogP contribution in [0.5, 0.6) is 5.75 Å². The number of phenolic OH excluding ortho intramolecular Hbond substituents is 1. The van der Waals surface area contributed by atoms with Crippen LogP contribution in [0.25, 0.3) is 0 Å². The molecule has 0 saturated carbocycles. The summed E-state index contributed by atoms with van der Waals surface area (Å²) in [5.41, 5.74) is 1.48. The summed E-state index contributed by atoms with van der Waals surface area (Å²) in [6.45, 7) is 2.12.